The Bertz CT molecular complexity index is 1300. The van der Waals surface area contributed by atoms with E-state index in [9.17, 15) is 9.59 Å². The van der Waals surface area contributed by atoms with Gasteiger partial charge in [-0.05, 0) is 63.4 Å². The molecule has 0 aliphatic carbocycles. The molecule has 182 valence electrons. The van der Waals surface area contributed by atoms with E-state index in [4.69, 9.17) is 4.74 Å². The Morgan fingerprint density at radius 2 is 2.09 bits per heavy atom. The second-order valence-electron chi connectivity index (χ2n) is 9.22. The number of aromatic amines is 1. The highest BCUT2D eigenvalue weighted by atomic mass is 16.5. The fourth-order valence-corrected chi connectivity index (χ4v) is 4.62. The van der Waals surface area contributed by atoms with E-state index in [2.05, 4.69) is 43.5 Å². The summed E-state index contributed by atoms with van der Waals surface area (Å²) >= 11 is 0. The number of anilines is 2. The number of hydrogen-bond acceptors (Lipinski definition) is 6. The maximum Gasteiger partial charge on any atom is 0.257 e. The summed E-state index contributed by atoms with van der Waals surface area (Å²) in [5, 5.41) is 6.68. The van der Waals surface area contributed by atoms with Gasteiger partial charge in [-0.3, -0.25) is 19.5 Å². The van der Waals surface area contributed by atoms with Crippen molar-refractivity contribution in [3.05, 3.63) is 53.6 Å². The third-order valence-electron chi connectivity index (χ3n) is 6.70. The molecule has 1 fully saturated rings. The predicted molar refractivity (Wildman–Crippen MR) is 135 cm³/mol. The molecule has 3 N–H and O–H groups in total. The molecule has 5 heterocycles. The largest absolute Gasteiger partial charge is 0.377 e. The van der Waals surface area contributed by atoms with E-state index in [1.807, 2.05) is 19.1 Å². The number of likely N-dealkylation sites (tertiary alicyclic amines) is 1. The van der Waals surface area contributed by atoms with Crippen LogP contribution in [-0.4, -0.2) is 64.0 Å². The van der Waals surface area contributed by atoms with Crippen molar-refractivity contribution in [2.45, 2.75) is 39.2 Å². The monoisotopic (exact) mass is 474 g/mol. The van der Waals surface area contributed by atoms with E-state index in [1.54, 1.807) is 18.5 Å². The van der Waals surface area contributed by atoms with Crippen LogP contribution in [0.4, 0.5) is 11.4 Å². The molecule has 5 rings (SSSR count). The third kappa shape index (κ3) is 5.26. The number of fused-ring (bicyclic) bond motifs is 1. The third-order valence-corrected chi connectivity index (χ3v) is 6.70. The van der Waals surface area contributed by atoms with Crippen molar-refractivity contribution in [2.75, 3.05) is 36.9 Å². The van der Waals surface area contributed by atoms with Crippen LogP contribution in [0.5, 0.6) is 0 Å². The maximum atomic E-state index is 13.0. The van der Waals surface area contributed by atoms with E-state index in [0.29, 0.717) is 48.4 Å². The number of ether oxygens (including phenoxy) is 1. The van der Waals surface area contributed by atoms with Gasteiger partial charge in [0.25, 0.3) is 5.91 Å². The van der Waals surface area contributed by atoms with Crippen LogP contribution in [0.1, 0.15) is 47.9 Å². The molecule has 0 bridgehead atoms. The smallest absolute Gasteiger partial charge is 0.257 e. The quantitative estimate of drug-likeness (QED) is 0.502. The van der Waals surface area contributed by atoms with Gasteiger partial charge in [-0.1, -0.05) is 6.08 Å². The first-order valence-corrected chi connectivity index (χ1v) is 12.0. The molecule has 2 amide bonds. The summed E-state index contributed by atoms with van der Waals surface area (Å²) in [5.74, 6) is -0.370. The van der Waals surface area contributed by atoms with Gasteiger partial charge in [-0.2, -0.15) is 0 Å². The van der Waals surface area contributed by atoms with Gasteiger partial charge < -0.3 is 20.4 Å². The second-order valence-corrected chi connectivity index (χ2v) is 9.22. The van der Waals surface area contributed by atoms with Crippen LogP contribution < -0.4 is 10.6 Å². The lowest BCUT2D eigenvalue weighted by Crippen LogP contribution is -2.35. The molecule has 9 heteroatoms. The molecule has 35 heavy (non-hydrogen) atoms. The zero-order valence-corrected chi connectivity index (χ0v) is 20.1. The molecule has 0 spiro atoms. The predicted octanol–water partition coefficient (Wildman–Crippen LogP) is 3.75. The number of rotatable bonds is 6. The number of aryl methyl sites for hydroxylation is 1. The van der Waals surface area contributed by atoms with E-state index in [1.165, 1.54) is 5.57 Å². The fraction of sp³-hybridized carbons (Fsp3) is 0.385. The highest BCUT2D eigenvalue weighted by Gasteiger charge is 2.22. The van der Waals surface area contributed by atoms with Gasteiger partial charge in [0.1, 0.15) is 5.65 Å². The number of nitrogens with one attached hydrogen (secondary N) is 3. The summed E-state index contributed by atoms with van der Waals surface area (Å²) in [6.45, 7) is 6.56. The molecule has 2 aliphatic rings. The van der Waals surface area contributed by atoms with Gasteiger partial charge in [-0.25, -0.2) is 4.98 Å². The molecule has 0 radical (unpaired) electrons. The van der Waals surface area contributed by atoms with Gasteiger partial charge in [0.2, 0.25) is 5.91 Å². The van der Waals surface area contributed by atoms with Crippen LogP contribution in [0, 0.1) is 6.92 Å². The van der Waals surface area contributed by atoms with E-state index in [-0.39, 0.29) is 11.8 Å². The van der Waals surface area contributed by atoms with Crippen LogP contribution in [0.2, 0.25) is 0 Å². The average Bonchev–Trinajstić information content (AvgIpc) is 3.47. The summed E-state index contributed by atoms with van der Waals surface area (Å²) in [5.41, 5.74) is 5.13. The Labute approximate surface area is 204 Å². The lowest BCUT2D eigenvalue weighted by Gasteiger charge is -2.20. The molecule has 0 saturated carbocycles. The van der Waals surface area contributed by atoms with Gasteiger partial charge >= 0.3 is 0 Å². The van der Waals surface area contributed by atoms with Gasteiger partial charge in [0.05, 0.1) is 48.6 Å². The van der Waals surface area contributed by atoms with E-state index < -0.39 is 0 Å². The summed E-state index contributed by atoms with van der Waals surface area (Å²) < 4.78 is 5.39. The van der Waals surface area contributed by atoms with Crippen LogP contribution in [0.3, 0.4) is 0 Å². The van der Waals surface area contributed by atoms with Gasteiger partial charge in [0.15, 0.2) is 0 Å². The first-order chi connectivity index (χ1) is 17.0. The van der Waals surface area contributed by atoms with Crippen LogP contribution in [0.15, 0.2) is 36.7 Å². The number of carbonyl (C=O) groups is 2. The van der Waals surface area contributed by atoms with Crippen LogP contribution in [-0.2, 0) is 9.53 Å². The lowest BCUT2D eigenvalue weighted by molar-refractivity contribution is -0.117. The molecule has 1 saturated heterocycles. The molecule has 9 nitrogen and oxygen atoms in total. The zero-order valence-electron chi connectivity index (χ0n) is 20.1. The standard InChI is InChI=1S/C26H30N6O3/c1-16-4-3-7-32(16)15-24(33)29-21-12-22(17(2)27-14-21)31-26(34)20-10-19-11-23(30-25(19)28-13-20)18-5-8-35-9-6-18/h5,10-14,16H,3-4,6-9,15H2,1-2H3,(H,28,30)(H,29,33)(H,31,34)/t16-/m0/s1. The molecule has 2 aliphatic heterocycles. The number of aromatic nitrogens is 3. The van der Waals surface area contributed by atoms with Crippen LogP contribution >= 0.6 is 0 Å². The number of hydrogen-bond donors (Lipinski definition) is 3. The Morgan fingerprint density at radius 3 is 2.86 bits per heavy atom. The second kappa shape index (κ2) is 9.97. The van der Waals surface area contributed by atoms with Crippen molar-refractivity contribution in [1.82, 2.24) is 19.9 Å². The van der Waals surface area contributed by atoms with Crippen LogP contribution in [0.25, 0.3) is 16.6 Å². The number of nitrogens with zero attached hydrogens (tertiary/aromatic N) is 3. The normalized spacial score (nSPS) is 18.5. The highest BCUT2D eigenvalue weighted by molar-refractivity contribution is 6.06. The van der Waals surface area contributed by atoms with E-state index in [0.717, 1.165) is 42.5 Å². The van der Waals surface area contributed by atoms with Crippen molar-refractivity contribution in [2.24, 2.45) is 0 Å². The fourth-order valence-electron chi connectivity index (χ4n) is 4.62. The number of H-pyrrole nitrogens is 1. The zero-order chi connectivity index (χ0) is 24.4. The topological polar surface area (TPSA) is 112 Å². The first-order valence-electron chi connectivity index (χ1n) is 12.0. The Balaban J connectivity index is 1.28. The maximum absolute atomic E-state index is 13.0. The highest BCUT2D eigenvalue weighted by Crippen LogP contribution is 2.25. The molecule has 0 aromatic carbocycles. The molecule has 0 unspecified atom stereocenters. The molecular weight excluding hydrogens is 444 g/mol. The number of pyridine rings is 2. The van der Waals surface area contributed by atoms with Crippen molar-refractivity contribution in [3.63, 3.8) is 0 Å². The summed E-state index contributed by atoms with van der Waals surface area (Å²) in [6, 6.07) is 6.00. The molecular formula is C26H30N6O3. The summed E-state index contributed by atoms with van der Waals surface area (Å²) in [6.07, 6.45) is 8.31. The molecule has 3 aromatic rings. The minimum Gasteiger partial charge on any atom is -0.377 e. The number of carbonyl (C=O) groups excluding carboxylic acids is 2. The summed E-state index contributed by atoms with van der Waals surface area (Å²) in [4.78, 5) is 39.8. The van der Waals surface area contributed by atoms with Crippen molar-refractivity contribution < 1.29 is 14.3 Å². The van der Waals surface area contributed by atoms with Gasteiger partial charge in [0, 0.05) is 23.3 Å². The number of amides is 2. The average molecular weight is 475 g/mol. The Morgan fingerprint density at radius 1 is 1.20 bits per heavy atom. The van der Waals surface area contributed by atoms with Crippen molar-refractivity contribution >= 4 is 39.8 Å². The Hall–Kier alpha value is -3.56. The minimum absolute atomic E-state index is 0.0840. The lowest BCUT2D eigenvalue weighted by atomic mass is 10.1. The summed E-state index contributed by atoms with van der Waals surface area (Å²) in [7, 11) is 0. The van der Waals surface area contributed by atoms with E-state index >= 15 is 0 Å². The Kier molecular flexibility index (Phi) is 6.61. The first kappa shape index (κ1) is 23.2. The van der Waals surface area contributed by atoms with Crippen molar-refractivity contribution in [1.29, 1.82) is 0 Å². The minimum atomic E-state index is -0.285. The van der Waals surface area contributed by atoms with Crippen molar-refractivity contribution in [3.8, 4) is 0 Å². The SMILES string of the molecule is Cc1ncc(NC(=O)CN2CCC[C@@H]2C)cc1NC(=O)c1cnc2[nH]c(C3=CCOCC3)cc2c1. The van der Waals surface area contributed by atoms with Gasteiger partial charge in [-0.15, -0.1) is 0 Å². The molecule has 1 atom stereocenters. The molecule has 3 aromatic heterocycles.